The highest BCUT2D eigenvalue weighted by atomic mass is 15.2. The van der Waals surface area contributed by atoms with Crippen LogP contribution in [0.15, 0.2) is 12.4 Å². The molecule has 3 aliphatic rings. The third-order valence-corrected chi connectivity index (χ3v) is 7.23. The lowest BCUT2D eigenvalue weighted by atomic mass is 9.77. The van der Waals surface area contributed by atoms with Crippen LogP contribution in [0.25, 0.3) is 0 Å². The maximum absolute atomic E-state index is 5.28. The molecular weight excluding hydrogens is 372 g/mol. The minimum atomic E-state index is 0.245. The predicted molar refractivity (Wildman–Crippen MR) is 120 cm³/mol. The maximum atomic E-state index is 5.28. The fourth-order valence-electron chi connectivity index (χ4n) is 5.59. The first-order chi connectivity index (χ1) is 14.5. The van der Waals surface area contributed by atoms with E-state index in [0.717, 1.165) is 31.1 Å². The van der Waals surface area contributed by atoms with Crippen molar-refractivity contribution in [2.45, 2.75) is 70.1 Å². The molecule has 162 valence electrons. The lowest BCUT2D eigenvalue weighted by Gasteiger charge is -2.41. The van der Waals surface area contributed by atoms with Crippen LogP contribution in [0.4, 0.5) is 5.82 Å². The van der Waals surface area contributed by atoms with E-state index in [2.05, 4.69) is 40.9 Å². The van der Waals surface area contributed by atoms with Gasteiger partial charge < -0.3 is 9.80 Å². The zero-order chi connectivity index (χ0) is 20.7. The van der Waals surface area contributed by atoms with Gasteiger partial charge in [-0.25, -0.2) is 9.97 Å². The SMILES string of the molecule is CC(C)CN1CCCC2(CCc3c(N(C)CCc4cn[nH]c4)nc(C4CC4)nc32)C1. The first-order valence-electron chi connectivity index (χ1n) is 11.9. The molecule has 1 unspecified atom stereocenters. The molecule has 1 aliphatic heterocycles. The smallest absolute Gasteiger partial charge is 0.135 e. The highest BCUT2D eigenvalue weighted by Crippen LogP contribution is 2.48. The average Bonchev–Trinajstić information content (AvgIpc) is 3.34. The molecule has 6 heteroatoms. The van der Waals surface area contributed by atoms with Gasteiger partial charge in [-0.2, -0.15) is 5.10 Å². The van der Waals surface area contributed by atoms with Gasteiger partial charge in [-0.05, 0) is 63.0 Å². The van der Waals surface area contributed by atoms with Gasteiger partial charge in [0, 0.05) is 49.8 Å². The summed E-state index contributed by atoms with van der Waals surface area (Å²) in [4.78, 5) is 15.5. The molecular formula is C24H36N6. The largest absolute Gasteiger partial charge is 0.359 e. The van der Waals surface area contributed by atoms with Crippen molar-refractivity contribution in [1.82, 2.24) is 25.1 Å². The van der Waals surface area contributed by atoms with E-state index in [9.17, 15) is 0 Å². The van der Waals surface area contributed by atoms with Crippen LogP contribution in [0.5, 0.6) is 0 Å². The van der Waals surface area contributed by atoms with Gasteiger partial charge in [0.1, 0.15) is 11.6 Å². The van der Waals surface area contributed by atoms with E-state index in [1.165, 1.54) is 74.4 Å². The molecule has 2 aromatic rings. The average molecular weight is 409 g/mol. The summed E-state index contributed by atoms with van der Waals surface area (Å²) in [6.45, 7) is 9.26. The molecule has 3 heterocycles. The summed E-state index contributed by atoms with van der Waals surface area (Å²) < 4.78 is 0. The van der Waals surface area contributed by atoms with Gasteiger partial charge in [-0.3, -0.25) is 5.10 Å². The number of hydrogen-bond acceptors (Lipinski definition) is 5. The van der Waals surface area contributed by atoms with E-state index in [1.807, 2.05) is 12.4 Å². The number of piperidine rings is 1. The fraction of sp³-hybridized carbons (Fsp3) is 0.708. The first kappa shape index (κ1) is 20.0. The van der Waals surface area contributed by atoms with Crippen LogP contribution < -0.4 is 4.90 Å². The monoisotopic (exact) mass is 408 g/mol. The number of likely N-dealkylation sites (tertiary alicyclic amines) is 1. The Bertz CT molecular complexity index is 872. The van der Waals surface area contributed by atoms with Gasteiger partial charge in [0.05, 0.1) is 11.9 Å². The fourth-order valence-corrected chi connectivity index (χ4v) is 5.59. The number of H-pyrrole nitrogens is 1. The Hall–Kier alpha value is -1.95. The van der Waals surface area contributed by atoms with Crippen LogP contribution in [-0.2, 0) is 18.3 Å². The number of anilines is 1. The summed E-state index contributed by atoms with van der Waals surface area (Å²) in [5.41, 5.74) is 4.33. The molecule has 30 heavy (non-hydrogen) atoms. The molecule has 0 radical (unpaired) electrons. The second-order valence-electron chi connectivity index (χ2n) is 10.3. The van der Waals surface area contributed by atoms with Crippen LogP contribution in [0.1, 0.15) is 74.5 Å². The Labute approximate surface area is 180 Å². The first-order valence-corrected chi connectivity index (χ1v) is 11.9. The predicted octanol–water partition coefficient (Wildman–Crippen LogP) is 3.69. The molecule has 1 N–H and O–H groups in total. The Morgan fingerprint density at radius 1 is 1.27 bits per heavy atom. The number of fused-ring (bicyclic) bond motifs is 2. The minimum Gasteiger partial charge on any atom is -0.359 e. The van der Waals surface area contributed by atoms with Crippen LogP contribution in [0, 0.1) is 5.92 Å². The second kappa shape index (κ2) is 7.95. The van der Waals surface area contributed by atoms with Gasteiger partial charge in [-0.1, -0.05) is 13.8 Å². The lowest BCUT2D eigenvalue weighted by Crippen LogP contribution is -2.46. The number of nitrogens with one attached hydrogen (secondary N) is 1. The van der Waals surface area contributed by atoms with Crippen molar-refractivity contribution in [2.75, 3.05) is 38.1 Å². The van der Waals surface area contributed by atoms with Gasteiger partial charge in [0.15, 0.2) is 0 Å². The molecule has 0 amide bonds. The number of rotatable bonds is 7. The third kappa shape index (κ3) is 3.86. The van der Waals surface area contributed by atoms with Crippen LogP contribution >= 0.6 is 0 Å². The van der Waals surface area contributed by atoms with E-state index in [-0.39, 0.29) is 5.41 Å². The van der Waals surface area contributed by atoms with Crippen molar-refractivity contribution < 1.29 is 0 Å². The Morgan fingerprint density at radius 2 is 2.13 bits per heavy atom. The molecule has 1 atom stereocenters. The van der Waals surface area contributed by atoms with Crippen molar-refractivity contribution in [3.63, 3.8) is 0 Å². The number of aromatic nitrogens is 4. The molecule has 1 saturated heterocycles. The summed E-state index contributed by atoms with van der Waals surface area (Å²) >= 11 is 0. The third-order valence-electron chi connectivity index (χ3n) is 7.23. The summed E-state index contributed by atoms with van der Waals surface area (Å²) in [6, 6.07) is 0. The molecule has 5 rings (SSSR count). The second-order valence-corrected chi connectivity index (χ2v) is 10.3. The normalized spacial score (nSPS) is 24.0. The maximum Gasteiger partial charge on any atom is 0.135 e. The number of likely N-dealkylation sites (N-methyl/N-ethyl adjacent to an activating group) is 1. The van der Waals surface area contributed by atoms with Gasteiger partial charge in [0.2, 0.25) is 0 Å². The molecule has 2 aliphatic carbocycles. The van der Waals surface area contributed by atoms with E-state index < -0.39 is 0 Å². The highest BCUT2D eigenvalue weighted by Gasteiger charge is 2.46. The van der Waals surface area contributed by atoms with Crippen LogP contribution in [0.3, 0.4) is 0 Å². The van der Waals surface area contributed by atoms with E-state index >= 15 is 0 Å². The van der Waals surface area contributed by atoms with Crippen LogP contribution in [0.2, 0.25) is 0 Å². The Kier molecular flexibility index (Phi) is 5.30. The summed E-state index contributed by atoms with van der Waals surface area (Å²) in [6.07, 6.45) is 12.4. The van der Waals surface area contributed by atoms with E-state index in [0.29, 0.717) is 5.92 Å². The van der Waals surface area contributed by atoms with Crippen molar-refractivity contribution in [1.29, 1.82) is 0 Å². The van der Waals surface area contributed by atoms with Gasteiger partial charge >= 0.3 is 0 Å². The Morgan fingerprint density at radius 3 is 2.87 bits per heavy atom. The minimum absolute atomic E-state index is 0.245. The van der Waals surface area contributed by atoms with Gasteiger partial charge in [0.25, 0.3) is 0 Å². The molecule has 0 bridgehead atoms. The summed E-state index contributed by atoms with van der Waals surface area (Å²) in [7, 11) is 2.20. The number of nitrogens with zero attached hydrogens (tertiary/aromatic N) is 5. The lowest BCUT2D eigenvalue weighted by molar-refractivity contribution is 0.130. The summed E-state index contributed by atoms with van der Waals surface area (Å²) in [5, 5.41) is 7.01. The topological polar surface area (TPSA) is 60.9 Å². The highest BCUT2D eigenvalue weighted by molar-refractivity contribution is 5.54. The molecule has 2 fully saturated rings. The molecule has 0 aromatic carbocycles. The number of hydrogen-bond donors (Lipinski definition) is 1. The zero-order valence-corrected chi connectivity index (χ0v) is 18.8. The molecule has 2 aromatic heterocycles. The van der Waals surface area contributed by atoms with Gasteiger partial charge in [-0.15, -0.1) is 0 Å². The van der Waals surface area contributed by atoms with Crippen molar-refractivity contribution in [2.24, 2.45) is 5.92 Å². The summed E-state index contributed by atoms with van der Waals surface area (Å²) in [5.74, 6) is 3.62. The zero-order valence-electron chi connectivity index (χ0n) is 18.8. The Balaban J connectivity index is 1.45. The molecule has 1 saturated carbocycles. The standard InChI is InChI=1S/C24H36N6/c1-17(2)15-30-11-4-9-24(16-30)10-7-20-21(24)27-22(19-5-6-19)28-23(20)29(3)12-8-18-13-25-26-14-18/h13-14,17,19H,4-12,15-16H2,1-3H3,(H,25,26). The van der Waals surface area contributed by atoms with Crippen molar-refractivity contribution >= 4 is 5.82 Å². The quantitative estimate of drug-likeness (QED) is 0.757. The number of aromatic amines is 1. The molecule has 1 spiro atoms. The van der Waals surface area contributed by atoms with Crippen molar-refractivity contribution in [3.05, 3.63) is 35.0 Å². The van der Waals surface area contributed by atoms with E-state index in [4.69, 9.17) is 9.97 Å². The van der Waals surface area contributed by atoms with E-state index in [1.54, 1.807) is 0 Å². The van der Waals surface area contributed by atoms with Crippen molar-refractivity contribution in [3.8, 4) is 0 Å². The molecule has 6 nitrogen and oxygen atoms in total. The van der Waals surface area contributed by atoms with Crippen LogP contribution in [-0.4, -0.2) is 58.3 Å².